The second-order valence-corrected chi connectivity index (χ2v) is 6.53. The van der Waals surface area contributed by atoms with Gasteiger partial charge in [-0.15, -0.1) is 0 Å². The number of alkyl halides is 3. The van der Waals surface area contributed by atoms with Crippen LogP contribution >= 0.6 is 0 Å². The Morgan fingerprint density at radius 3 is 1.92 bits per heavy atom. The number of carbonyl (C=O) groups excluding carboxylic acids is 1. The van der Waals surface area contributed by atoms with Crippen molar-refractivity contribution in [3.05, 3.63) is 54.1 Å². The van der Waals surface area contributed by atoms with Crippen LogP contribution in [0.25, 0.3) is 11.1 Å². The third-order valence-corrected chi connectivity index (χ3v) is 3.94. The summed E-state index contributed by atoms with van der Waals surface area (Å²) in [6, 6.07) is 12.6. The zero-order chi connectivity index (χ0) is 19.3. The Balaban J connectivity index is 2.09. The van der Waals surface area contributed by atoms with E-state index in [0.29, 0.717) is 6.42 Å². The highest BCUT2D eigenvalue weighted by molar-refractivity contribution is 5.90. The molecule has 0 radical (unpaired) electrons. The van der Waals surface area contributed by atoms with Gasteiger partial charge in [-0.3, -0.25) is 0 Å². The van der Waals surface area contributed by atoms with Crippen molar-refractivity contribution in [1.82, 2.24) is 0 Å². The van der Waals surface area contributed by atoms with Gasteiger partial charge in [0.1, 0.15) is 5.75 Å². The molecule has 1 atom stereocenters. The van der Waals surface area contributed by atoms with Gasteiger partial charge in [0.15, 0.2) is 6.10 Å². The molecule has 2 rings (SSSR count). The van der Waals surface area contributed by atoms with Crippen LogP contribution in [0, 0.1) is 5.92 Å². The fraction of sp³-hybridized carbons (Fsp3) is 0.350. The average Bonchev–Trinajstić information content (AvgIpc) is 2.58. The van der Waals surface area contributed by atoms with E-state index < -0.39 is 18.2 Å². The quantitative estimate of drug-likeness (QED) is 0.679. The fourth-order valence-corrected chi connectivity index (χ4v) is 2.42. The van der Waals surface area contributed by atoms with Crippen LogP contribution in [0.1, 0.15) is 37.0 Å². The van der Waals surface area contributed by atoms with Crippen LogP contribution in [0.3, 0.4) is 0 Å². The summed E-state index contributed by atoms with van der Waals surface area (Å²) >= 11 is 0. The smallest absolute Gasteiger partial charge is 0.425 e. The number of esters is 1. The van der Waals surface area contributed by atoms with Gasteiger partial charge in [0.2, 0.25) is 0 Å². The zero-order valence-electron chi connectivity index (χ0n) is 14.6. The molecule has 0 saturated carbocycles. The van der Waals surface area contributed by atoms with E-state index in [1.807, 2.05) is 13.8 Å². The molecule has 0 amide bonds. The van der Waals surface area contributed by atoms with E-state index in [1.54, 1.807) is 24.3 Å². The monoisotopic (exact) mass is 366 g/mol. The SMILES string of the molecule is CC(C)CCC(OC(=O)c1ccc(-c2ccc(O)cc2)cc1)C(F)(F)F. The third kappa shape index (κ3) is 5.51. The molecule has 2 aromatic rings. The molecule has 0 aliphatic carbocycles. The lowest BCUT2D eigenvalue weighted by Gasteiger charge is -2.21. The summed E-state index contributed by atoms with van der Waals surface area (Å²) in [6.45, 7) is 3.63. The predicted octanol–water partition coefficient (Wildman–Crippen LogP) is 5.58. The first-order valence-electron chi connectivity index (χ1n) is 8.34. The number of carbonyl (C=O) groups is 1. The molecule has 2 aromatic carbocycles. The molecule has 26 heavy (non-hydrogen) atoms. The van der Waals surface area contributed by atoms with Gasteiger partial charge in [-0.05, 0) is 54.2 Å². The molecule has 1 unspecified atom stereocenters. The summed E-state index contributed by atoms with van der Waals surface area (Å²) in [4.78, 5) is 12.1. The van der Waals surface area contributed by atoms with Crippen LogP contribution in [0.4, 0.5) is 13.2 Å². The lowest BCUT2D eigenvalue weighted by molar-refractivity contribution is -0.206. The molecule has 1 N–H and O–H groups in total. The fourth-order valence-electron chi connectivity index (χ4n) is 2.42. The maximum atomic E-state index is 13.1. The molecule has 0 aliphatic heterocycles. The summed E-state index contributed by atoms with van der Waals surface area (Å²) in [5.74, 6) is -0.773. The standard InChI is InChI=1S/C20H21F3O3/c1-13(2)3-12-18(20(21,22)23)26-19(25)16-6-4-14(5-7-16)15-8-10-17(24)11-9-15/h4-11,13,18,24H,3,12H2,1-2H3. The number of hydrogen-bond donors (Lipinski definition) is 1. The number of rotatable bonds is 6. The van der Waals surface area contributed by atoms with Gasteiger partial charge in [-0.1, -0.05) is 38.1 Å². The van der Waals surface area contributed by atoms with Crippen molar-refractivity contribution in [2.45, 2.75) is 39.0 Å². The highest BCUT2D eigenvalue weighted by Gasteiger charge is 2.42. The van der Waals surface area contributed by atoms with E-state index in [4.69, 9.17) is 4.74 Å². The average molecular weight is 366 g/mol. The van der Waals surface area contributed by atoms with E-state index in [1.165, 1.54) is 24.3 Å². The Kier molecular flexibility index (Phi) is 6.29. The van der Waals surface area contributed by atoms with Crippen molar-refractivity contribution in [3.8, 4) is 16.9 Å². The van der Waals surface area contributed by atoms with Gasteiger partial charge in [-0.25, -0.2) is 4.79 Å². The van der Waals surface area contributed by atoms with Crippen molar-refractivity contribution in [2.75, 3.05) is 0 Å². The van der Waals surface area contributed by atoms with Crippen molar-refractivity contribution in [3.63, 3.8) is 0 Å². The van der Waals surface area contributed by atoms with Crippen LogP contribution in [0.2, 0.25) is 0 Å². The minimum atomic E-state index is -4.59. The van der Waals surface area contributed by atoms with Crippen molar-refractivity contribution >= 4 is 5.97 Å². The molecule has 3 nitrogen and oxygen atoms in total. The number of phenols is 1. The highest BCUT2D eigenvalue weighted by Crippen LogP contribution is 2.29. The van der Waals surface area contributed by atoms with Crippen molar-refractivity contribution < 1.29 is 27.8 Å². The first-order valence-corrected chi connectivity index (χ1v) is 8.34. The van der Waals surface area contributed by atoms with Crippen LogP contribution in [0.5, 0.6) is 5.75 Å². The number of ether oxygens (including phenoxy) is 1. The number of hydrogen-bond acceptors (Lipinski definition) is 3. The topological polar surface area (TPSA) is 46.5 Å². The largest absolute Gasteiger partial charge is 0.508 e. The van der Waals surface area contributed by atoms with E-state index in [-0.39, 0.29) is 23.7 Å². The number of phenolic OH excluding ortho intramolecular Hbond substituents is 1. The van der Waals surface area contributed by atoms with Crippen LogP contribution in [0.15, 0.2) is 48.5 Å². The Bertz CT molecular complexity index is 719. The first-order chi connectivity index (χ1) is 12.2. The molecule has 0 aliphatic rings. The minimum absolute atomic E-state index is 0.0614. The Morgan fingerprint density at radius 2 is 1.46 bits per heavy atom. The van der Waals surface area contributed by atoms with E-state index in [2.05, 4.69) is 0 Å². The van der Waals surface area contributed by atoms with Gasteiger partial charge in [0.25, 0.3) is 0 Å². The van der Waals surface area contributed by atoms with Gasteiger partial charge in [-0.2, -0.15) is 13.2 Å². The molecule has 0 saturated heterocycles. The first kappa shape index (κ1) is 19.8. The molecular weight excluding hydrogens is 345 g/mol. The molecule has 0 fully saturated rings. The van der Waals surface area contributed by atoms with Crippen molar-refractivity contribution in [2.24, 2.45) is 5.92 Å². The third-order valence-electron chi connectivity index (χ3n) is 3.94. The lowest BCUT2D eigenvalue weighted by atomic mass is 10.0. The van der Waals surface area contributed by atoms with Crippen LogP contribution in [-0.2, 0) is 4.74 Å². The van der Waals surface area contributed by atoms with E-state index in [9.17, 15) is 23.1 Å². The zero-order valence-corrected chi connectivity index (χ0v) is 14.6. The second-order valence-electron chi connectivity index (χ2n) is 6.53. The molecule has 0 spiro atoms. The summed E-state index contributed by atoms with van der Waals surface area (Å²) in [6.07, 6.45) is -6.62. The normalized spacial score (nSPS) is 12.8. The Morgan fingerprint density at radius 1 is 0.962 bits per heavy atom. The second kappa shape index (κ2) is 8.25. The van der Waals surface area contributed by atoms with Gasteiger partial charge >= 0.3 is 12.1 Å². The maximum absolute atomic E-state index is 13.1. The Hall–Kier alpha value is -2.50. The molecule has 6 heteroatoms. The van der Waals surface area contributed by atoms with Crippen LogP contribution < -0.4 is 0 Å². The molecule has 0 bridgehead atoms. The number of benzene rings is 2. The summed E-state index contributed by atoms with van der Waals surface area (Å²) in [5, 5.41) is 9.29. The van der Waals surface area contributed by atoms with E-state index in [0.717, 1.165) is 11.1 Å². The molecule has 0 heterocycles. The Labute approximate surface area is 150 Å². The predicted molar refractivity (Wildman–Crippen MR) is 92.9 cm³/mol. The van der Waals surface area contributed by atoms with Gasteiger partial charge in [0, 0.05) is 0 Å². The number of halogens is 3. The van der Waals surface area contributed by atoms with Crippen molar-refractivity contribution in [1.29, 1.82) is 0 Å². The maximum Gasteiger partial charge on any atom is 0.425 e. The highest BCUT2D eigenvalue weighted by atomic mass is 19.4. The summed E-state index contributed by atoms with van der Waals surface area (Å²) < 4.78 is 43.9. The summed E-state index contributed by atoms with van der Waals surface area (Å²) in [7, 11) is 0. The van der Waals surface area contributed by atoms with Crippen LogP contribution in [-0.4, -0.2) is 23.4 Å². The van der Waals surface area contributed by atoms with Gasteiger partial charge < -0.3 is 9.84 Å². The molecule has 140 valence electrons. The number of aromatic hydroxyl groups is 1. The van der Waals surface area contributed by atoms with E-state index >= 15 is 0 Å². The minimum Gasteiger partial charge on any atom is -0.508 e. The molecule has 0 aromatic heterocycles. The molecular formula is C20H21F3O3. The summed E-state index contributed by atoms with van der Waals surface area (Å²) in [5.41, 5.74) is 1.65. The lowest BCUT2D eigenvalue weighted by Crippen LogP contribution is -2.34. The van der Waals surface area contributed by atoms with Gasteiger partial charge in [0.05, 0.1) is 5.56 Å².